The maximum Gasteiger partial charge on any atom is 0.225 e. The monoisotopic (exact) mass is 319 g/mol. The van der Waals surface area contributed by atoms with Crippen molar-refractivity contribution in [3.05, 3.63) is 71.9 Å². The SMILES string of the molecule is Cc1cccc(CNCCC(=O)Nc2cccc3cccnc23)c1. The second-order valence-corrected chi connectivity index (χ2v) is 5.84. The summed E-state index contributed by atoms with van der Waals surface area (Å²) in [4.78, 5) is 16.5. The number of carbonyl (C=O) groups is 1. The number of nitrogens with one attached hydrogen (secondary N) is 2. The molecule has 0 radical (unpaired) electrons. The van der Waals surface area contributed by atoms with Crippen LogP contribution in [0.5, 0.6) is 0 Å². The first-order chi connectivity index (χ1) is 11.7. The van der Waals surface area contributed by atoms with Gasteiger partial charge in [0.15, 0.2) is 0 Å². The van der Waals surface area contributed by atoms with Crippen LogP contribution in [0, 0.1) is 6.92 Å². The molecule has 2 aromatic carbocycles. The minimum atomic E-state index is -0.00936. The Kier molecular flexibility index (Phi) is 5.18. The van der Waals surface area contributed by atoms with Crippen molar-refractivity contribution in [2.24, 2.45) is 0 Å². The minimum absolute atomic E-state index is 0.00936. The maximum atomic E-state index is 12.1. The summed E-state index contributed by atoms with van der Waals surface area (Å²) in [7, 11) is 0. The van der Waals surface area contributed by atoms with Gasteiger partial charge < -0.3 is 10.6 Å². The van der Waals surface area contributed by atoms with Crippen molar-refractivity contribution in [1.29, 1.82) is 0 Å². The van der Waals surface area contributed by atoms with Gasteiger partial charge in [-0.3, -0.25) is 9.78 Å². The fourth-order valence-corrected chi connectivity index (χ4v) is 2.67. The third-order valence-electron chi connectivity index (χ3n) is 3.85. The van der Waals surface area contributed by atoms with Crippen LogP contribution in [-0.4, -0.2) is 17.4 Å². The summed E-state index contributed by atoms with van der Waals surface area (Å²) >= 11 is 0. The quantitative estimate of drug-likeness (QED) is 0.682. The molecule has 1 heterocycles. The third kappa shape index (κ3) is 4.18. The van der Waals surface area contributed by atoms with Gasteiger partial charge in [-0.15, -0.1) is 0 Å². The number of anilines is 1. The molecule has 1 aromatic heterocycles. The molecule has 0 aliphatic heterocycles. The molecule has 4 heteroatoms. The molecule has 0 spiro atoms. The molecule has 0 saturated carbocycles. The van der Waals surface area contributed by atoms with E-state index in [1.54, 1.807) is 6.20 Å². The van der Waals surface area contributed by atoms with Crippen molar-refractivity contribution in [2.75, 3.05) is 11.9 Å². The summed E-state index contributed by atoms with van der Waals surface area (Å²) in [5.41, 5.74) is 4.06. The molecule has 122 valence electrons. The highest BCUT2D eigenvalue weighted by Gasteiger charge is 2.06. The maximum absolute atomic E-state index is 12.1. The number of aryl methyl sites for hydroxylation is 1. The summed E-state index contributed by atoms with van der Waals surface area (Å²) in [5, 5.41) is 7.28. The number of rotatable bonds is 6. The Hall–Kier alpha value is -2.72. The van der Waals surface area contributed by atoms with Gasteiger partial charge in [-0.05, 0) is 24.6 Å². The molecule has 3 aromatic rings. The zero-order chi connectivity index (χ0) is 16.8. The second-order valence-electron chi connectivity index (χ2n) is 5.84. The number of benzene rings is 2. The predicted molar refractivity (Wildman–Crippen MR) is 97.9 cm³/mol. The van der Waals surface area contributed by atoms with E-state index in [1.165, 1.54) is 11.1 Å². The van der Waals surface area contributed by atoms with Crippen LogP contribution in [0.2, 0.25) is 0 Å². The number of hydrogen-bond acceptors (Lipinski definition) is 3. The van der Waals surface area contributed by atoms with Gasteiger partial charge in [0.1, 0.15) is 0 Å². The molecule has 2 N–H and O–H groups in total. The van der Waals surface area contributed by atoms with E-state index in [-0.39, 0.29) is 5.91 Å². The average Bonchev–Trinajstić information content (AvgIpc) is 2.59. The summed E-state index contributed by atoms with van der Waals surface area (Å²) < 4.78 is 0. The Morgan fingerprint density at radius 3 is 2.79 bits per heavy atom. The number of para-hydroxylation sites is 1. The highest BCUT2D eigenvalue weighted by atomic mass is 16.1. The van der Waals surface area contributed by atoms with Crippen molar-refractivity contribution in [2.45, 2.75) is 19.9 Å². The van der Waals surface area contributed by atoms with Crippen LogP contribution in [0.1, 0.15) is 17.5 Å². The van der Waals surface area contributed by atoms with Crippen LogP contribution in [0.15, 0.2) is 60.8 Å². The van der Waals surface area contributed by atoms with Crippen LogP contribution < -0.4 is 10.6 Å². The van der Waals surface area contributed by atoms with Gasteiger partial charge in [-0.25, -0.2) is 0 Å². The minimum Gasteiger partial charge on any atom is -0.324 e. The van der Waals surface area contributed by atoms with Crippen LogP contribution >= 0.6 is 0 Å². The Bertz CT molecular complexity index is 840. The van der Waals surface area contributed by atoms with Gasteiger partial charge in [0.05, 0.1) is 11.2 Å². The molecule has 0 fully saturated rings. The van der Waals surface area contributed by atoms with Gasteiger partial charge in [0.2, 0.25) is 5.91 Å². The van der Waals surface area contributed by atoms with E-state index in [0.717, 1.165) is 23.1 Å². The molecule has 0 unspecified atom stereocenters. The van der Waals surface area contributed by atoms with E-state index < -0.39 is 0 Å². The number of hydrogen-bond donors (Lipinski definition) is 2. The van der Waals surface area contributed by atoms with Crippen LogP contribution in [0.4, 0.5) is 5.69 Å². The van der Waals surface area contributed by atoms with E-state index in [1.807, 2.05) is 36.4 Å². The summed E-state index contributed by atoms with van der Waals surface area (Å²) in [6.07, 6.45) is 2.16. The summed E-state index contributed by atoms with van der Waals surface area (Å²) in [6, 6.07) is 18.0. The molecular formula is C20H21N3O. The van der Waals surface area contributed by atoms with E-state index in [9.17, 15) is 4.79 Å². The number of fused-ring (bicyclic) bond motifs is 1. The lowest BCUT2D eigenvalue weighted by atomic mass is 10.1. The first-order valence-electron chi connectivity index (χ1n) is 8.12. The summed E-state index contributed by atoms with van der Waals surface area (Å²) in [6.45, 7) is 3.48. The van der Waals surface area contributed by atoms with Gasteiger partial charge in [-0.1, -0.05) is 48.0 Å². The largest absolute Gasteiger partial charge is 0.324 e. The molecule has 24 heavy (non-hydrogen) atoms. The Morgan fingerprint density at radius 1 is 1.08 bits per heavy atom. The fourth-order valence-electron chi connectivity index (χ4n) is 2.67. The average molecular weight is 319 g/mol. The number of amides is 1. The summed E-state index contributed by atoms with van der Waals surface area (Å²) in [5.74, 6) is -0.00936. The van der Waals surface area contributed by atoms with Crippen LogP contribution in [0.3, 0.4) is 0 Å². The zero-order valence-corrected chi connectivity index (χ0v) is 13.8. The highest BCUT2D eigenvalue weighted by Crippen LogP contribution is 2.20. The lowest BCUT2D eigenvalue weighted by molar-refractivity contribution is -0.116. The Labute approximate surface area is 141 Å². The number of pyridine rings is 1. The predicted octanol–water partition coefficient (Wildman–Crippen LogP) is 3.66. The molecule has 0 bridgehead atoms. The first kappa shape index (κ1) is 16.1. The smallest absolute Gasteiger partial charge is 0.225 e. The van der Waals surface area contributed by atoms with E-state index in [4.69, 9.17) is 0 Å². The molecule has 0 atom stereocenters. The molecule has 0 aliphatic carbocycles. The van der Waals surface area contributed by atoms with Gasteiger partial charge >= 0.3 is 0 Å². The van der Waals surface area contributed by atoms with Crippen LogP contribution in [0.25, 0.3) is 10.9 Å². The normalized spacial score (nSPS) is 10.7. The lowest BCUT2D eigenvalue weighted by Crippen LogP contribution is -2.21. The van der Waals surface area contributed by atoms with E-state index in [0.29, 0.717) is 13.0 Å². The van der Waals surface area contributed by atoms with E-state index >= 15 is 0 Å². The Balaban J connectivity index is 1.50. The topological polar surface area (TPSA) is 54.0 Å². The third-order valence-corrected chi connectivity index (χ3v) is 3.85. The van der Waals surface area contributed by atoms with Crippen molar-refractivity contribution >= 4 is 22.5 Å². The molecular weight excluding hydrogens is 298 g/mol. The molecule has 4 nitrogen and oxygen atoms in total. The van der Waals surface area contributed by atoms with Gasteiger partial charge in [0, 0.05) is 31.1 Å². The molecule has 3 rings (SSSR count). The van der Waals surface area contributed by atoms with Gasteiger partial charge in [-0.2, -0.15) is 0 Å². The zero-order valence-electron chi connectivity index (χ0n) is 13.8. The number of aromatic nitrogens is 1. The molecule has 1 amide bonds. The number of carbonyl (C=O) groups excluding carboxylic acids is 1. The van der Waals surface area contributed by atoms with Crippen molar-refractivity contribution in [3.63, 3.8) is 0 Å². The molecule has 0 saturated heterocycles. The van der Waals surface area contributed by atoms with Crippen molar-refractivity contribution < 1.29 is 4.79 Å². The molecule has 0 aliphatic rings. The highest BCUT2D eigenvalue weighted by molar-refractivity contribution is 6.00. The van der Waals surface area contributed by atoms with E-state index in [2.05, 4.69) is 40.7 Å². The number of nitrogens with zero attached hydrogens (tertiary/aromatic N) is 1. The lowest BCUT2D eigenvalue weighted by Gasteiger charge is -2.09. The standard InChI is InChI=1S/C20H21N3O/c1-15-5-2-6-16(13-15)14-21-12-10-19(24)23-18-9-3-7-17-8-4-11-22-20(17)18/h2-9,11,13,21H,10,12,14H2,1H3,(H,23,24). The van der Waals surface area contributed by atoms with Crippen LogP contribution in [-0.2, 0) is 11.3 Å². The fraction of sp³-hybridized carbons (Fsp3) is 0.200. The first-order valence-corrected chi connectivity index (χ1v) is 8.12. The second kappa shape index (κ2) is 7.70. The Morgan fingerprint density at radius 2 is 1.92 bits per heavy atom. The van der Waals surface area contributed by atoms with Crippen molar-refractivity contribution in [3.8, 4) is 0 Å². The van der Waals surface area contributed by atoms with Gasteiger partial charge in [0.25, 0.3) is 0 Å². The van der Waals surface area contributed by atoms with Crippen molar-refractivity contribution in [1.82, 2.24) is 10.3 Å².